The average Bonchev–Trinajstić information content (AvgIpc) is 0.728. The molecule has 12 aromatic rings. The number of nitrogens with zero attached hydrogens (tertiary/aromatic N) is 18. The van der Waals surface area contributed by atoms with Crippen LogP contribution in [0.5, 0.6) is 0 Å². The molecule has 3 saturated heterocycles. The molecule has 0 atom stereocenters. The minimum Gasteiger partial charge on any atom is -0.395 e. The quantitative estimate of drug-likeness (QED) is 0.0282. The van der Waals surface area contributed by atoms with E-state index < -0.39 is 122 Å². The zero-order chi connectivity index (χ0) is 98.7. The molecule has 0 unspecified atom stereocenters. The molecule has 135 heavy (non-hydrogen) atoms. The fraction of sp³-hybridized carbons (Fsp3) is 0.258. The summed E-state index contributed by atoms with van der Waals surface area (Å²) in [6.45, 7) is 30.6. The maximum Gasteiger partial charge on any atom is 0.276 e. The van der Waals surface area contributed by atoms with E-state index in [0.717, 1.165) is 0 Å². The number of aromatic nitrogens is 9. The molecule has 3 aromatic carbocycles. The fourth-order valence-electron chi connectivity index (χ4n) is 16.5. The van der Waals surface area contributed by atoms with E-state index in [2.05, 4.69) is 61.8 Å². The summed E-state index contributed by atoms with van der Waals surface area (Å²) < 4.78 is 108. The molecule has 3 aliphatic rings. The minimum absolute atomic E-state index is 0.00508. The lowest BCUT2D eigenvalue weighted by atomic mass is 10.0. The lowest BCUT2D eigenvalue weighted by Crippen LogP contribution is -2.49. The Labute approximate surface area is 806 Å². The first kappa shape index (κ1) is 99.4. The van der Waals surface area contributed by atoms with E-state index in [1.165, 1.54) is 50.1 Å². The van der Waals surface area contributed by atoms with E-state index in [9.17, 15) is 62.1 Å². The van der Waals surface area contributed by atoms with Gasteiger partial charge in [-0.3, -0.25) is 57.4 Å². The lowest BCUT2D eigenvalue weighted by Gasteiger charge is -2.36. The number of anilines is 6. The third-order valence-corrected chi connectivity index (χ3v) is 25.9. The molecule has 0 aliphatic carbocycles. The first-order valence-electron chi connectivity index (χ1n) is 41.3. The van der Waals surface area contributed by atoms with Crippen molar-refractivity contribution in [2.24, 2.45) is 0 Å². The molecule has 0 spiro atoms. The first-order valence-corrected chi connectivity index (χ1v) is 44.3. The fourth-order valence-corrected chi connectivity index (χ4v) is 18.4. The van der Waals surface area contributed by atoms with Crippen LogP contribution in [0.2, 0.25) is 40.2 Å². The van der Waals surface area contributed by atoms with Gasteiger partial charge in [-0.05, 0) is 110 Å². The maximum absolute atomic E-state index is 15.5. The summed E-state index contributed by atoms with van der Waals surface area (Å²) in [7, 11) is 0. The molecule has 696 valence electrons. The van der Waals surface area contributed by atoms with Crippen LogP contribution in [0.3, 0.4) is 0 Å². The number of halogens is 15. The topological polar surface area (TPSA) is 363 Å². The Morgan fingerprint density at radius 1 is 0.378 bits per heavy atom. The van der Waals surface area contributed by atoms with Gasteiger partial charge in [-0.2, -0.15) is 15.8 Å². The Hall–Kier alpha value is -13.1. The van der Waals surface area contributed by atoms with Crippen LogP contribution >= 0.6 is 92.8 Å². The monoisotopic (exact) mass is 2000 g/mol. The lowest BCUT2D eigenvalue weighted by molar-refractivity contribution is -0.127. The number of aryl methyl sites for hydroxylation is 3. The van der Waals surface area contributed by atoms with Crippen LogP contribution in [0, 0.1) is 95.5 Å². The molecule has 12 heterocycles. The van der Waals surface area contributed by atoms with Crippen LogP contribution in [-0.4, -0.2) is 155 Å². The number of carbonyl (C=O) groups is 3. The van der Waals surface area contributed by atoms with Gasteiger partial charge in [0, 0.05) is 113 Å². The molecule has 9 aromatic heterocycles. The van der Waals surface area contributed by atoms with E-state index in [1.807, 2.05) is 47.6 Å². The van der Waals surface area contributed by atoms with E-state index in [-0.39, 0.29) is 170 Å². The summed E-state index contributed by atoms with van der Waals surface area (Å²) in [4.78, 5) is 117. The largest absolute Gasteiger partial charge is 0.395 e. The zero-order valence-electron chi connectivity index (χ0n) is 73.2. The minimum atomic E-state index is -1.88. The van der Waals surface area contributed by atoms with Gasteiger partial charge >= 0.3 is 0 Å². The third-order valence-electron chi connectivity index (χ3n) is 23.2. The van der Waals surface area contributed by atoms with Crippen molar-refractivity contribution >= 4 is 178 Å². The van der Waals surface area contributed by atoms with E-state index in [4.69, 9.17) is 110 Å². The van der Waals surface area contributed by atoms with Gasteiger partial charge < -0.3 is 46.6 Å². The Morgan fingerprint density at radius 2 is 0.622 bits per heavy atom. The van der Waals surface area contributed by atoms with Crippen LogP contribution < -0.4 is 48.6 Å². The second kappa shape index (κ2) is 39.8. The summed E-state index contributed by atoms with van der Waals surface area (Å²) in [5, 5.41) is 27.9. The van der Waals surface area contributed by atoms with Crippen molar-refractivity contribution in [1.82, 2.24) is 58.3 Å². The number of hydrogen-bond donors (Lipinski definition) is 3. The molecule has 3 amide bonds. The highest BCUT2D eigenvalue weighted by atomic mass is 35.5. The SMILES string of the molecule is C=CC(=O)N1CCN(c2c(C#N)c(=O)n(-c3c(C)ccnc3C(C)C)c3nc(-c4c(F)c(Cl)c(F)c(N)c4Cl)c(Cl)cc23)CC1.C=CC(=O)N1CCN(c2c(C#N)c(=O)n(-c3c(C)ccnc3C(C)C)c3nc(-c4c(F)c(Cl)c(F)c(N)c4Cl)c(Cl)cc23)CC1.C=CC(=O)N1CCN(c2c(C#N)c(=O)n(-c3c(C)ccnc3C(C)C)c3nc(-c4c(F)c(F)c(F)c(N)c4Cl)c(Cl)cc23)CC1. The number of hydrogen-bond acceptors (Lipinski definition) is 21. The first-order chi connectivity index (χ1) is 64.0. The summed E-state index contributed by atoms with van der Waals surface area (Å²) in [5.74, 6) is -11.4. The smallest absolute Gasteiger partial charge is 0.276 e. The van der Waals surface area contributed by atoms with E-state index >= 15 is 13.2 Å². The van der Waals surface area contributed by atoms with Crippen molar-refractivity contribution in [1.29, 1.82) is 15.8 Å². The summed E-state index contributed by atoms with van der Waals surface area (Å²) in [5.41, 5.74) is 15.2. The molecule has 0 saturated carbocycles. The predicted molar refractivity (Wildman–Crippen MR) is 512 cm³/mol. The van der Waals surface area contributed by atoms with E-state index in [0.29, 0.717) is 87.8 Å². The van der Waals surface area contributed by atoms with Gasteiger partial charge in [0.05, 0.1) is 132 Å². The Balaban J connectivity index is 0.000000171. The van der Waals surface area contributed by atoms with Crippen LogP contribution in [0.4, 0.5) is 64.9 Å². The van der Waals surface area contributed by atoms with Crippen molar-refractivity contribution < 1.29 is 45.1 Å². The van der Waals surface area contributed by atoms with Crippen LogP contribution in [-0.2, 0) is 14.4 Å². The molecule has 15 rings (SSSR count). The second-order valence-corrected chi connectivity index (χ2v) is 35.3. The number of rotatable bonds is 15. The molecule has 0 bridgehead atoms. The molecule has 3 fully saturated rings. The van der Waals surface area contributed by atoms with Gasteiger partial charge in [0.15, 0.2) is 40.7 Å². The summed E-state index contributed by atoms with van der Waals surface area (Å²) >= 11 is 50.9. The number of benzene rings is 3. The second-order valence-electron chi connectivity index (χ2n) is 32.2. The van der Waals surface area contributed by atoms with Crippen molar-refractivity contribution in [2.45, 2.75) is 80.1 Å². The van der Waals surface area contributed by atoms with Gasteiger partial charge in [-0.15, -0.1) is 0 Å². The highest BCUT2D eigenvalue weighted by molar-refractivity contribution is 6.41. The maximum atomic E-state index is 15.5. The molecule has 6 N–H and O–H groups in total. The Kier molecular flexibility index (Phi) is 29.3. The number of amides is 3. The number of nitriles is 3. The van der Waals surface area contributed by atoms with Gasteiger partial charge in [0.25, 0.3) is 16.7 Å². The highest BCUT2D eigenvalue weighted by Crippen LogP contribution is 2.49. The Bertz CT molecular complexity index is 6650. The summed E-state index contributed by atoms with van der Waals surface area (Å²) in [6, 6.07) is 15.5. The molecule has 0 radical (unpaired) electrons. The third kappa shape index (κ3) is 17.7. The average molecular weight is 2000 g/mol. The normalized spacial score (nSPS) is 13.4. The standard InChI is InChI=1S/2C31H26Cl3F2N7O2.C31H26Cl2F3N7O2/c2*1-5-19(44)41-8-10-42(11-9-41)29-16-12-18(32)27(20-21(33)25(38)24(36)22(34)23(20)35)40-30(16)43(31(45)17(29)13-37)28-15(4)6-7-39-26(28)14(2)3;1-5-19(44)41-8-10-42(11-9-41)29-16-12-18(32)27(20-21(33)25(38)24(36)23(35)22(20)34)40-30(16)43(31(45)17(29)13-37)28-15(4)6-7-39-26(28)14(2)3/h3*5-7,12,14H,1,8-11,38H2,2-4H3. The van der Waals surface area contributed by atoms with Crippen LogP contribution in [0.25, 0.3) is 83.9 Å². The molecule has 42 heteroatoms. The number of piperazine rings is 3. The predicted octanol–water partition coefficient (Wildman–Crippen LogP) is 18.7. The number of nitrogen functional groups attached to an aromatic ring is 3. The number of fused-ring (bicyclic) bond motifs is 3. The van der Waals surface area contributed by atoms with Gasteiger partial charge in [0.1, 0.15) is 61.9 Å². The number of nitrogens with two attached hydrogens (primary N) is 3. The van der Waals surface area contributed by atoms with Crippen molar-refractivity contribution in [3.05, 3.63) is 255 Å². The van der Waals surface area contributed by atoms with Crippen molar-refractivity contribution in [2.75, 3.05) is 110 Å². The van der Waals surface area contributed by atoms with Crippen molar-refractivity contribution in [3.8, 4) is 69.0 Å². The van der Waals surface area contributed by atoms with Gasteiger partial charge in [-0.1, -0.05) is 154 Å². The van der Waals surface area contributed by atoms with Gasteiger partial charge in [-0.25, -0.2) is 45.7 Å². The van der Waals surface area contributed by atoms with Crippen LogP contribution in [0.15, 0.2) is 107 Å². The number of carbonyl (C=O) groups excluding carboxylic acids is 3. The highest BCUT2D eigenvalue weighted by Gasteiger charge is 2.38. The zero-order valence-corrected chi connectivity index (χ0v) is 79.2. The van der Waals surface area contributed by atoms with Crippen molar-refractivity contribution in [3.63, 3.8) is 0 Å². The molecule has 3 aliphatic heterocycles. The van der Waals surface area contributed by atoms with Gasteiger partial charge in [0.2, 0.25) is 17.7 Å². The van der Waals surface area contributed by atoms with Crippen LogP contribution in [0.1, 0.15) is 110 Å². The number of pyridine rings is 9. The molecular weight excluding hydrogens is 1920 g/mol. The molecular formula is C93H78Cl8F7N21O6. The summed E-state index contributed by atoms with van der Waals surface area (Å²) in [6.07, 6.45) is 8.45. The Morgan fingerprint density at radius 3 is 0.859 bits per heavy atom. The van der Waals surface area contributed by atoms with E-state index in [1.54, 1.807) is 87.0 Å². The molecule has 27 nitrogen and oxygen atoms in total.